The van der Waals surface area contributed by atoms with Crippen LogP contribution in [0.5, 0.6) is 0 Å². The lowest BCUT2D eigenvalue weighted by atomic mass is 10.1. The predicted octanol–water partition coefficient (Wildman–Crippen LogP) is 6.31. The predicted molar refractivity (Wildman–Crippen MR) is 133 cm³/mol. The lowest BCUT2D eigenvalue weighted by Gasteiger charge is -2.29. The van der Waals surface area contributed by atoms with Crippen LogP contribution in [0.25, 0.3) is 0 Å². The van der Waals surface area contributed by atoms with Crippen molar-refractivity contribution in [3.05, 3.63) is 63.6 Å². The molecule has 0 spiro atoms. The van der Waals surface area contributed by atoms with Gasteiger partial charge >= 0.3 is 0 Å². The highest BCUT2D eigenvalue weighted by Crippen LogP contribution is 2.22. The second-order valence-electron chi connectivity index (χ2n) is 7.55. The molecule has 0 saturated carbocycles. The van der Waals surface area contributed by atoms with Crippen molar-refractivity contribution in [1.82, 2.24) is 10.2 Å². The molecule has 0 aliphatic rings. The zero-order valence-electron chi connectivity index (χ0n) is 18.2. The number of nitrogens with one attached hydrogen (secondary N) is 1. The average molecular weight is 526 g/mol. The number of nitrogens with zero attached hydrogens (tertiary/aromatic N) is 1. The van der Waals surface area contributed by atoms with Crippen LogP contribution in [0, 0.1) is 0 Å². The largest absolute Gasteiger partial charge is 0.352 e. The number of amides is 2. The first kappa shape index (κ1) is 25.8. The second kappa shape index (κ2) is 13.1. The van der Waals surface area contributed by atoms with Crippen LogP contribution in [-0.4, -0.2) is 34.6 Å². The normalized spacial score (nSPS) is 12.8. The van der Waals surface area contributed by atoms with E-state index in [-0.39, 0.29) is 17.9 Å². The van der Waals surface area contributed by atoms with Gasteiger partial charge in [0.05, 0.1) is 0 Å². The summed E-state index contributed by atoms with van der Waals surface area (Å²) in [5.74, 6) is 0.703. The van der Waals surface area contributed by atoms with Crippen molar-refractivity contribution < 1.29 is 9.59 Å². The highest BCUT2D eigenvalue weighted by molar-refractivity contribution is 9.10. The molecule has 0 unspecified atom stereocenters. The van der Waals surface area contributed by atoms with Crippen LogP contribution in [0.2, 0.25) is 5.02 Å². The molecule has 4 nitrogen and oxygen atoms in total. The quantitative estimate of drug-likeness (QED) is 0.276. The van der Waals surface area contributed by atoms with E-state index in [0.29, 0.717) is 18.0 Å². The van der Waals surface area contributed by atoms with Crippen LogP contribution < -0.4 is 5.32 Å². The highest BCUT2D eigenvalue weighted by Gasteiger charge is 2.26. The van der Waals surface area contributed by atoms with E-state index in [1.54, 1.807) is 23.6 Å². The first-order chi connectivity index (χ1) is 14.8. The Hall–Kier alpha value is -1.50. The Labute approximate surface area is 203 Å². The molecule has 0 aromatic heterocycles. The van der Waals surface area contributed by atoms with E-state index in [2.05, 4.69) is 21.2 Å². The molecule has 0 radical (unpaired) electrons. The summed E-state index contributed by atoms with van der Waals surface area (Å²) < 4.78 is 0.982. The SMILES string of the molecule is CC[C@@H](C)NC(=O)[C@@H](C)N(Cc1ccc(Br)cc1)C(=O)CCCSc1ccc(Cl)cc1. The van der Waals surface area contributed by atoms with E-state index >= 15 is 0 Å². The molecule has 31 heavy (non-hydrogen) atoms. The zero-order valence-corrected chi connectivity index (χ0v) is 21.4. The first-order valence-electron chi connectivity index (χ1n) is 10.5. The lowest BCUT2D eigenvalue weighted by Crippen LogP contribution is -2.49. The first-order valence-corrected chi connectivity index (χ1v) is 12.7. The van der Waals surface area contributed by atoms with Gasteiger partial charge in [0, 0.05) is 33.4 Å². The lowest BCUT2D eigenvalue weighted by molar-refractivity contribution is -0.140. The maximum Gasteiger partial charge on any atom is 0.242 e. The summed E-state index contributed by atoms with van der Waals surface area (Å²) in [6.07, 6.45) is 1.99. The van der Waals surface area contributed by atoms with E-state index in [0.717, 1.165) is 33.5 Å². The van der Waals surface area contributed by atoms with Gasteiger partial charge in [-0.25, -0.2) is 0 Å². The van der Waals surface area contributed by atoms with E-state index in [4.69, 9.17) is 11.6 Å². The minimum absolute atomic E-state index is 0.00794. The molecule has 0 aliphatic carbocycles. The van der Waals surface area contributed by atoms with E-state index < -0.39 is 6.04 Å². The summed E-state index contributed by atoms with van der Waals surface area (Å²) in [6, 6.07) is 15.1. The Bertz CT molecular complexity index is 846. The second-order valence-corrected chi connectivity index (χ2v) is 10.1. The van der Waals surface area contributed by atoms with Gasteiger partial charge in [0.25, 0.3) is 0 Å². The number of benzene rings is 2. The molecule has 2 atom stereocenters. The van der Waals surface area contributed by atoms with Gasteiger partial charge in [-0.3, -0.25) is 9.59 Å². The molecular weight excluding hydrogens is 496 g/mol. The maximum atomic E-state index is 13.1. The van der Waals surface area contributed by atoms with Gasteiger partial charge in [0.2, 0.25) is 11.8 Å². The molecule has 1 N–H and O–H groups in total. The molecule has 2 amide bonds. The molecular formula is C24H30BrClN2O2S. The maximum absolute atomic E-state index is 13.1. The van der Waals surface area contributed by atoms with E-state index in [9.17, 15) is 9.59 Å². The van der Waals surface area contributed by atoms with Gasteiger partial charge < -0.3 is 10.2 Å². The van der Waals surface area contributed by atoms with Crippen molar-refractivity contribution in [2.45, 2.75) is 63.6 Å². The smallest absolute Gasteiger partial charge is 0.242 e. The van der Waals surface area contributed by atoms with E-state index in [1.165, 1.54) is 0 Å². The summed E-state index contributed by atoms with van der Waals surface area (Å²) in [5.41, 5.74) is 0.996. The summed E-state index contributed by atoms with van der Waals surface area (Å²) in [7, 11) is 0. The summed E-state index contributed by atoms with van der Waals surface area (Å²) >= 11 is 11.1. The fourth-order valence-corrected chi connectivity index (χ4v) is 4.17. The minimum Gasteiger partial charge on any atom is -0.352 e. The molecule has 0 bridgehead atoms. The number of halogens is 2. The van der Waals surface area contributed by atoms with Crippen molar-refractivity contribution in [2.24, 2.45) is 0 Å². The third kappa shape index (κ3) is 8.87. The number of carbonyl (C=O) groups is 2. The topological polar surface area (TPSA) is 49.4 Å². The number of hydrogen-bond donors (Lipinski definition) is 1. The molecule has 168 valence electrons. The summed E-state index contributed by atoms with van der Waals surface area (Å²) in [6.45, 7) is 6.21. The molecule has 2 aromatic carbocycles. The molecule has 0 aliphatic heterocycles. The third-order valence-electron chi connectivity index (χ3n) is 5.05. The van der Waals surface area contributed by atoms with Gasteiger partial charge in [-0.1, -0.05) is 46.6 Å². The Morgan fingerprint density at radius 3 is 2.35 bits per heavy atom. The minimum atomic E-state index is -0.533. The van der Waals surface area contributed by atoms with Crippen molar-refractivity contribution in [3.8, 4) is 0 Å². The molecule has 7 heteroatoms. The van der Waals surface area contributed by atoms with Crippen molar-refractivity contribution in [1.29, 1.82) is 0 Å². The number of carbonyl (C=O) groups excluding carboxylic acids is 2. The summed E-state index contributed by atoms with van der Waals surface area (Å²) in [4.78, 5) is 28.6. The van der Waals surface area contributed by atoms with Gasteiger partial charge in [0.1, 0.15) is 6.04 Å². The molecule has 0 heterocycles. The van der Waals surface area contributed by atoms with Crippen molar-refractivity contribution in [3.63, 3.8) is 0 Å². The zero-order chi connectivity index (χ0) is 22.8. The van der Waals surface area contributed by atoms with Crippen LogP contribution in [0.3, 0.4) is 0 Å². The Kier molecular flexibility index (Phi) is 10.9. The van der Waals surface area contributed by atoms with Crippen LogP contribution in [0.4, 0.5) is 0 Å². The van der Waals surface area contributed by atoms with Gasteiger partial charge in [0.15, 0.2) is 0 Å². The van der Waals surface area contributed by atoms with E-state index in [1.807, 2.05) is 62.4 Å². The van der Waals surface area contributed by atoms with Gasteiger partial charge in [-0.2, -0.15) is 0 Å². The molecule has 0 saturated heterocycles. The Balaban J connectivity index is 1.99. The van der Waals surface area contributed by atoms with Crippen LogP contribution in [0.1, 0.15) is 45.6 Å². The van der Waals surface area contributed by atoms with Crippen molar-refractivity contribution >= 4 is 51.1 Å². The van der Waals surface area contributed by atoms with Gasteiger partial charge in [-0.15, -0.1) is 11.8 Å². The fourth-order valence-electron chi connectivity index (χ4n) is 2.92. The van der Waals surface area contributed by atoms with Crippen LogP contribution >= 0.6 is 39.3 Å². The average Bonchev–Trinajstić information content (AvgIpc) is 2.76. The van der Waals surface area contributed by atoms with Crippen LogP contribution in [-0.2, 0) is 16.1 Å². The number of thioether (sulfide) groups is 1. The third-order valence-corrected chi connectivity index (χ3v) is 6.93. The Morgan fingerprint density at radius 1 is 1.10 bits per heavy atom. The standard InChI is InChI=1S/C24H30BrClN2O2S/c1-4-17(2)27-24(30)18(3)28(16-19-7-9-20(25)10-8-19)23(29)6-5-15-31-22-13-11-21(26)12-14-22/h7-14,17-18H,4-6,15-16H2,1-3H3,(H,27,30)/t17-,18-/m1/s1. The molecule has 2 rings (SSSR count). The highest BCUT2D eigenvalue weighted by atomic mass is 79.9. The Morgan fingerprint density at radius 2 is 1.74 bits per heavy atom. The number of rotatable bonds is 11. The fraction of sp³-hybridized carbons (Fsp3) is 0.417. The number of hydrogen-bond acceptors (Lipinski definition) is 3. The van der Waals surface area contributed by atoms with Crippen LogP contribution in [0.15, 0.2) is 57.9 Å². The molecule has 0 fully saturated rings. The summed E-state index contributed by atoms with van der Waals surface area (Å²) in [5, 5.41) is 3.71. The molecule has 2 aromatic rings. The van der Waals surface area contributed by atoms with Crippen molar-refractivity contribution in [2.75, 3.05) is 5.75 Å². The van der Waals surface area contributed by atoms with Gasteiger partial charge in [-0.05, 0) is 74.4 Å². The monoisotopic (exact) mass is 524 g/mol.